The molecule has 0 radical (unpaired) electrons. The lowest BCUT2D eigenvalue weighted by Crippen LogP contribution is -2.64. The van der Waals surface area contributed by atoms with Crippen LogP contribution in [0.25, 0.3) is 0 Å². The molecule has 1 saturated heterocycles. The van der Waals surface area contributed by atoms with E-state index in [1.54, 1.807) is 4.90 Å². The molecule has 2 rings (SSSR count). The van der Waals surface area contributed by atoms with Crippen LogP contribution in [0.2, 0.25) is 0 Å². The lowest BCUT2D eigenvalue weighted by molar-refractivity contribution is -0.150. The summed E-state index contributed by atoms with van der Waals surface area (Å²) in [6.45, 7) is 15.5. The van der Waals surface area contributed by atoms with Gasteiger partial charge in [-0.2, -0.15) is 0 Å². The number of piperazine rings is 1. The molecule has 2 unspecified atom stereocenters. The van der Waals surface area contributed by atoms with Crippen LogP contribution in [0, 0.1) is 22.7 Å². The van der Waals surface area contributed by atoms with E-state index in [0.717, 1.165) is 0 Å². The normalized spacial score (nSPS) is 32.5. The molecule has 2 fully saturated rings. The minimum atomic E-state index is -0.372. The first kappa shape index (κ1) is 15.3. The van der Waals surface area contributed by atoms with Gasteiger partial charge in [0.15, 0.2) is 0 Å². The van der Waals surface area contributed by atoms with Gasteiger partial charge in [-0.25, -0.2) is 0 Å². The standard InChI is InChI=1S/C16H28N2O2/c1-9(2)12-14(20)18(10(3)13(19)17-12)8-11-15(4,5)16(11,6)7/h9-12H,8H2,1-7H3,(H,17,19). The largest absolute Gasteiger partial charge is 0.342 e. The highest BCUT2D eigenvalue weighted by molar-refractivity contribution is 5.96. The van der Waals surface area contributed by atoms with Gasteiger partial charge in [0.2, 0.25) is 11.8 Å². The van der Waals surface area contributed by atoms with Crippen LogP contribution in [0.1, 0.15) is 48.5 Å². The number of carbonyl (C=O) groups is 2. The number of nitrogens with one attached hydrogen (secondary N) is 1. The fourth-order valence-corrected chi connectivity index (χ4v) is 3.53. The first-order chi connectivity index (χ1) is 9.01. The van der Waals surface area contributed by atoms with Crippen molar-refractivity contribution in [1.82, 2.24) is 10.2 Å². The van der Waals surface area contributed by atoms with Crippen LogP contribution in [-0.4, -0.2) is 35.3 Å². The number of rotatable bonds is 3. The Morgan fingerprint density at radius 3 is 2.05 bits per heavy atom. The van der Waals surface area contributed by atoms with Crippen LogP contribution < -0.4 is 5.32 Å². The van der Waals surface area contributed by atoms with Crippen molar-refractivity contribution in [1.29, 1.82) is 0 Å². The molecule has 0 aromatic rings. The average molecular weight is 280 g/mol. The second-order valence-electron chi connectivity index (χ2n) is 7.89. The van der Waals surface area contributed by atoms with Gasteiger partial charge in [-0.3, -0.25) is 9.59 Å². The Hall–Kier alpha value is -1.06. The molecule has 1 N–H and O–H groups in total. The van der Waals surface area contributed by atoms with Gasteiger partial charge in [-0.15, -0.1) is 0 Å². The fourth-order valence-electron chi connectivity index (χ4n) is 3.53. The topological polar surface area (TPSA) is 49.4 Å². The third kappa shape index (κ3) is 2.04. The Morgan fingerprint density at radius 1 is 1.15 bits per heavy atom. The molecule has 1 aliphatic carbocycles. The van der Waals surface area contributed by atoms with Crippen molar-refractivity contribution < 1.29 is 9.59 Å². The van der Waals surface area contributed by atoms with Crippen LogP contribution >= 0.6 is 0 Å². The maximum absolute atomic E-state index is 12.6. The second-order valence-corrected chi connectivity index (χ2v) is 7.89. The minimum absolute atomic E-state index is 0.0282. The van der Waals surface area contributed by atoms with E-state index >= 15 is 0 Å². The van der Waals surface area contributed by atoms with Crippen molar-refractivity contribution in [2.75, 3.05) is 6.54 Å². The summed E-state index contributed by atoms with van der Waals surface area (Å²) in [5.74, 6) is 0.631. The van der Waals surface area contributed by atoms with Gasteiger partial charge in [-0.1, -0.05) is 41.5 Å². The lowest BCUT2D eigenvalue weighted by Gasteiger charge is -2.39. The van der Waals surface area contributed by atoms with E-state index in [4.69, 9.17) is 0 Å². The molecule has 1 saturated carbocycles. The van der Waals surface area contributed by atoms with Crippen molar-refractivity contribution in [2.24, 2.45) is 22.7 Å². The van der Waals surface area contributed by atoms with Crippen molar-refractivity contribution in [3.8, 4) is 0 Å². The van der Waals surface area contributed by atoms with Gasteiger partial charge >= 0.3 is 0 Å². The number of amides is 2. The highest BCUT2D eigenvalue weighted by Crippen LogP contribution is 2.68. The molecule has 1 heterocycles. The summed E-state index contributed by atoms with van der Waals surface area (Å²) in [7, 11) is 0. The summed E-state index contributed by atoms with van der Waals surface area (Å²) in [6, 6.07) is -0.728. The van der Waals surface area contributed by atoms with E-state index in [-0.39, 0.29) is 40.6 Å². The molecule has 4 heteroatoms. The highest BCUT2D eigenvalue weighted by Gasteiger charge is 2.65. The summed E-state index contributed by atoms with van der Waals surface area (Å²) < 4.78 is 0. The van der Waals surface area contributed by atoms with E-state index in [1.807, 2.05) is 20.8 Å². The van der Waals surface area contributed by atoms with Gasteiger partial charge < -0.3 is 10.2 Å². The van der Waals surface area contributed by atoms with Gasteiger partial charge in [0.25, 0.3) is 0 Å². The zero-order valence-electron chi connectivity index (χ0n) is 13.8. The maximum Gasteiger partial charge on any atom is 0.246 e. The van der Waals surface area contributed by atoms with Crippen molar-refractivity contribution in [3.63, 3.8) is 0 Å². The first-order valence-electron chi connectivity index (χ1n) is 7.62. The number of hydrogen-bond acceptors (Lipinski definition) is 2. The predicted molar refractivity (Wildman–Crippen MR) is 79.0 cm³/mol. The molecule has 4 nitrogen and oxygen atoms in total. The summed E-state index contributed by atoms with van der Waals surface area (Å²) in [6.07, 6.45) is 0. The fraction of sp³-hybridized carbons (Fsp3) is 0.875. The Kier molecular flexibility index (Phi) is 3.43. The van der Waals surface area contributed by atoms with Crippen molar-refractivity contribution in [2.45, 2.75) is 60.5 Å². The Balaban J connectivity index is 2.17. The van der Waals surface area contributed by atoms with Crippen LogP contribution in [0.5, 0.6) is 0 Å². The molecule has 2 amide bonds. The molecule has 1 aliphatic heterocycles. The third-order valence-electron chi connectivity index (χ3n) is 6.06. The quantitative estimate of drug-likeness (QED) is 0.860. The molecule has 20 heavy (non-hydrogen) atoms. The molecule has 0 aromatic carbocycles. The van der Waals surface area contributed by atoms with Crippen molar-refractivity contribution >= 4 is 11.8 Å². The van der Waals surface area contributed by atoms with Crippen LogP contribution in [0.15, 0.2) is 0 Å². The lowest BCUT2D eigenvalue weighted by atomic mass is 9.97. The molecule has 0 aromatic heterocycles. The van der Waals surface area contributed by atoms with Crippen LogP contribution in [0.3, 0.4) is 0 Å². The van der Waals surface area contributed by atoms with E-state index < -0.39 is 0 Å². The Labute approximate surface area is 122 Å². The summed E-state index contributed by atoms with van der Waals surface area (Å²) in [5.41, 5.74) is 0.461. The number of hydrogen-bond donors (Lipinski definition) is 1. The van der Waals surface area contributed by atoms with Crippen LogP contribution in [0.4, 0.5) is 0 Å². The number of carbonyl (C=O) groups excluding carboxylic acids is 2. The Morgan fingerprint density at radius 2 is 1.65 bits per heavy atom. The van der Waals surface area contributed by atoms with Gasteiger partial charge in [0.05, 0.1) is 0 Å². The summed E-state index contributed by atoms with van der Waals surface area (Å²) in [5, 5.41) is 2.85. The molecule has 114 valence electrons. The Bertz CT molecular complexity index is 426. The molecular formula is C16H28N2O2. The highest BCUT2D eigenvalue weighted by atomic mass is 16.2. The van der Waals surface area contributed by atoms with E-state index in [1.165, 1.54) is 0 Å². The van der Waals surface area contributed by atoms with E-state index in [2.05, 4.69) is 33.0 Å². The minimum Gasteiger partial charge on any atom is -0.342 e. The maximum atomic E-state index is 12.6. The zero-order valence-corrected chi connectivity index (χ0v) is 13.8. The van der Waals surface area contributed by atoms with E-state index in [0.29, 0.717) is 12.5 Å². The van der Waals surface area contributed by atoms with Gasteiger partial charge in [0.1, 0.15) is 12.1 Å². The summed E-state index contributed by atoms with van der Waals surface area (Å²) in [4.78, 5) is 26.5. The number of nitrogens with zero attached hydrogens (tertiary/aromatic N) is 1. The average Bonchev–Trinajstić information content (AvgIpc) is 2.70. The molecular weight excluding hydrogens is 252 g/mol. The molecule has 0 bridgehead atoms. The predicted octanol–water partition coefficient (Wildman–Crippen LogP) is 2.04. The molecule has 2 atom stereocenters. The van der Waals surface area contributed by atoms with Gasteiger partial charge in [0, 0.05) is 6.54 Å². The zero-order chi connectivity index (χ0) is 15.5. The van der Waals surface area contributed by atoms with E-state index in [9.17, 15) is 9.59 Å². The second kappa shape index (κ2) is 4.47. The van der Waals surface area contributed by atoms with Crippen LogP contribution in [-0.2, 0) is 9.59 Å². The van der Waals surface area contributed by atoms with Gasteiger partial charge in [-0.05, 0) is 29.6 Å². The third-order valence-corrected chi connectivity index (χ3v) is 6.06. The molecule has 2 aliphatic rings. The monoisotopic (exact) mass is 280 g/mol. The first-order valence-corrected chi connectivity index (χ1v) is 7.62. The van der Waals surface area contributed by atoms with Crippen molar-refractivity contribution in [3.05, 3.63) is 0 Å². The molecule has 0 spiro atoms. The summed E-state index contributed by atoms with van der Waals surface area (Å²) >= 11 is 0. The SMILES string of the molecule is CC(C)C1NC(=O)C(C)N(CC2C(C)(C)C2(C)C)C1=O. The smallest absolute Gasteiger partial charge is 0.246 e.